The molecule has 0 radical (unpaired) electrons. The molecule has 2 amide bonds. The zero-order valence-electron chi connectivity index (χ0n) is 12.1. The normalized spacial score (nSPS) is 22.0. The van der Waals surface area contributed by atoms with E-state index in [1.165, 1.54) is 6.07 Å². The molecule has 5 nitrogen and oxygen atoms in total. The number of amides is 2. The molecule has 0 saturated carbocycles. The Balaban J connectivity index is 2.14. The summed E-state index contributed by atoms with van der Waals surface area (Å²) in [4.78, 5) is 25.0. The van der Waals surface area contributed by atoms with Gasteiger partial charge in [-0.2, -0.15) is 0 Å². The van der Waals surface area contributed by atoms with Gasteiger partial charge in [0.05, 0.1) is 11.3 Å². The Hall–Kier alpha value is -2.11. The van der Waals surface area contributed by atoms with Crippen molar-refractivity contribution in [1.29, 1.82) is 0 Å². The predicted octanol–water partition coefficient (Wildman–Crippen LogP) is 3.03. The number of nitrogens with zero attached hydrogens (tertiary/aromatic N) is 1. The van der Waals surface area contributed by atoms with Crippen molar-refractivity contribution in [3.8, 4) is 0 Å². The van der Waals surface area contributed by atoms with Crippen LogP contribution in [0.15, 0.2) is 18.2 Å². The number of hydrogen-bond acceptors (Lipinski definition) is 2. The summed E-state index contributed by atoms with van der Waals surface area (Å²) >= 11 is 0. The van der Waals surface area contributed by atoms with E-state index in [0.29, 0.717) is 24.9 Å². The number of carbonyl (C=O) groups excluding carboxylic acids is 1. The van der Waals surface area contributed by atoms with E-state index in [9.17, 15) is 14.0 Å². The molecule has 1 aromatic carbocycles. The van der Waals surface area contributed by atoms with Crippen LogP contribution in [0.1, 0.15) is 30.6 Å². The number of anilines is 1. The summed E-state index contributed by atoms with van der Waals surface area (Å²) in [6, 6.07) is 2.96. The van der Waals surface area contributed by atoms with Crippen LogP contribution in [-0.2, 0) is 0 Å². The van der Waals surface area contributed by atoms with Gasteiger partial charge in [-0.25, -0.2) is 14.0 Å². The first kappa shape index (κ1) is 15.3. The number of likely N-dealkylation sites (tertiary alicyclic amines) is 1. The van der Waals surface area contributed by atoms with Gasteiger partial charge in [-0.05, 0) is 36.5 Å². The van der Waals surface area contributed by atoms with Crippen molar-refractivity contribution in [1.82, 2.24) is 4.90 Å². The van der Waals surface area contributed by atoms with Crippen molar-refractivity contribution in [2.75, 3.05) is 18.4 Å². The average molecular weight is 294 g/mol. The third kappa shape index (κ3) is 3.71. The molecule has 1 aliphatic rings. The first-order valence-electron chi connectivity index (χ1n) is 6.95. The highest BCUT2D eigenvalue weighted by Gasteiger charge is 2.26. The van der Waals surface area contributed by atoms with Gasteiger partial charge in [0.25, 0.3) is 0 Å². The number of rotatable bonds is 2. The second-order valence-electron chi connectivity index (χ2n) is 5.78. The van der Waals surface area contributed by atoms with Crippen LogP contribution in [0.5, 0.6) is 0 Å². The number of halogens is 1. The third-order valence-electron chi connectivity index (χ3n) is 3.61. The highest BCUT2D eigenvalue weighted by molar-refractivity contribution is 6.00. The molecule has 2 N–H and O–H groups in total. The molecule has 2 atom stereocenters. The van der Waals surface area contributed by atoms with E-state index in [0.717, 1.165) is 18.6 Å². The molecule has 0 aliphatic carbocycles. The molecular formula is C15H19FN2O3. The summed E-state index contributed by atoms with van der Waals surface area (Å²) in [5, 5.41) is 11.6. The van der Waals surface area contributed by atoms with E-state index in [1.807, 2.05) is 0 Å². The molecule has 114 valence electrons. The van der Waals surface area contributed by atoms with Crippen molar-refractivity contribution in [2.24, 2.45) is 11.8 Å². The summed E-state index contributed by atoms with van der Waals surface area (Å²) in [6.45, 7) is 5.44. The van der Waals surface area contributed by atoms with Crippen LogP contribution in [0.25, 0.3) is 0 Å². The minimum atomic E-state index is -1.27. The number of piperidine rings is 1. The third-order valence-corrected chi connectivity index (χ3v) is 3.61. The van der Waals surface area contributed by atoms with Crippen LogP contribution in [0.2, 0.25) is 0 Å². The van der Waals surface area contributed by atoms with Crippen LogP contribution in [0.4, 0.5) is 14.9 Å². The molecular weight excluding hydrogens is 275 g/mol. The lowest BCUT2D eigenvalue weighted by Gasteiger charge is -2.35. The van der Waals surface area contributed by atoms with Crippen LogP contribution >= 0.6 is 0 Å². The van der Waals surface area contributed by atoms with Gasteiger partial charge in [0.15, 0.2) is 0 Å². The fourth-order valence-corrected chi connectivity index (χ4v) is 2.83. The lowest BCUT2D eigenvalue weighted by atomic mass is 9.92. The number of urea groups is 1. The van der Waals surface area contributed by atoms with Crippen LogP contribution in [0.3, 0.4) is 0 Å². The number of aromatic carboxylic acids is 1. The second kappa shape index (κ2) is 6.11. The number of carboxylic acids is 1. The van der Waals surface area contributed by atoms with Crippen LogP contribution < -0.4 is 5.32 Å². The smallest absolute Gasteiger partial charge is 0.337 e. The van der Waals surface area contributed by atoms with E-state index >= 15 is 0 Å². The van der Waals surface area contributed by atoms with Gasteiger partial charge in [-0.1, -0.05) is 13.8 Å². The molecule has 21 heavy (non-hydrogen) atoms. The summed E-state index contributed by atoms with van der Waals surface area (Å²) < 4.78 is 13.1. The van der Waals surface area contributed by atoms with Crippen molar-refractivity contribution >= 4 is 17.7 Å². The topological polar surface area (TPSA) is 69.6 Å². The number of carboxylic acid groups (broad SMARTS) is 1. The Bertz CT molecular complexity index is 552. The van der Waals surface area contributed by atoms with Gasteiger partial charge < -0.3 is 15.3 Å². The standard InChI is InChI=1S/C15H19FN2O3/c1-9-5-10(2)8-18(7-9)15(21)17-13-4-3-11(16)6-12(13)14(19)20/h3-4,6,9-10H,5,7-8H2,1-2H3,(H,17,21)(H,19,20). The van der Waals surface area contributed by atoms with Gasteiger partial charge >= 0.3 is 12.0 Å². The predicted molar refractivity (Wildman–Crippen MR) is 76.9 cm³/mol. The summed E-state index contributed by atoms with van der Waals surface area (Å²) in [7, 11) is 0. The van der Waals surface area contributed by atoms with E-state index in [-0.39, 0.29) is 17.3 Å². The molecule has 1 aromatic rings. The largest absolute Gasteiger partial charge is 0.478 e. The molecule has 1 heterocycles. The highest BCUT2D eigenvalue weighted by atomic mass is 19.1. The zero-order chi connectivity index (χ0) is 15.6. The molecule has 6 heteroatoms. The van der Waals surface area contributed by atoms with Gasteiger partial charge in [0.2, 0.25) is 0 Å². The molecule has 0 spiro atoms. The maximum Gasteiger partial charge on any atom is 0.337 e. The molecule has 2 unspecified atom stereocenters. The molecule has 0 bridgehead atoms. The number of hydrogen-bond donors (Lipinski definition) is 2. The zero-order valence-corrected chi connectivity index (χ0v) is 12.1. The first-order valence-corrected chi connectivity index (χ1v) is 6.95. The molecule has 0 aromatic heterocycles. The minimum Gasteiger partial charge on any atom is -0.478 e. The Morgan fingerprint density at radius 1 is 1.29 bits per heavy atom. The van der Waals surface area contributed by atoms with Gasteiger partial charge in [0, 0.05) is 13.1 Å². The van der Waals surface area contributed by atoms with Crippen LogP contribution in [-0.4, -0.2) is 35.1 Å². The van der Waals surface area contributed by atoms with Crippen molar-refractivity contribution in [3.05, 3.63) is 29.6 Å². The number of nitrogens with one attached hydrogen (secondary N) is 1. The second-order valence-corrected chi connectivity index (χ2v) is 5.78. The monoisotopic (exact) mass is 294 g/mol. The van der Waals surface area contributed by atoms with Crippen LogP contribution in [0, 0.1) is 17.7 Å². The van der Waals surface area contributed by atoms with Gasteiger partial charge in [-0.15, -0.1) is 0 Å². The maximum absolute atomic E-state index is 13.1. The average Bonchev–Trinajstić information content (AvgIpc) is 2.39. The van der Waals surface area contributed by atoms with E-state index in [1.54, 1.807) is 4.90 Å². The van der Waals surface area contributed by atoms with Crippen molar-refractivity contribution in [2.45, 2.75) is 20.3 Å². The lowest BCUT2D eigenvalue weighted by molar-refractivity contribution is 0.0697. The van der Waals surface area contributed by atoms with Gasteiger partial charge in [-0.3, -0.25) is 0 Å². The first-order chi connectivity index (χ1) is 9.86. The fraction of sp³-hybridized carbons (Fsp3) is 0.467. The van der Waals surface area contributed by atoms with E-state index < -0.39 is 11.8 Å². The van der Waals surface area contributed by atoms with E-state index in [2.05, 4.69) is 19.2 Å². The molecule has 2 rings (SSSR count). The molecule has 1 aliphatic heterocycles. The summed E-state index contributed by atoms with van der Waals surface area (Å²) in [6.07, 6.45) is 1.07. The Labute approximate surface area is 122 Å². The fourth-order valence-electron chi connectivity index (χ4n) is 2.83. The molecule has 1 fully saturated rings. The number of benzene rings is 1. The molecule has 1 saturated heterocycles. The van der Waals surface area contributed by atoms with Gasteiger partial charge in [0.1, 0.15) is 5.82 Å². The number of carbonyl (C=O) groups is 2. The van der Waals surface area contributed by atoms with Crippen molar-refractivity contribution < 1.29 is 19.1 Å². The summed E-state index contributed by atoms with van der Waals surface area (Å²) in [5.74, 6) is -1.10. The Morgan fingerprint density at radius 3 is 2.48 bits per heavy atom. The lowest BCUT2D eigenvalue weighted by Crippen LogP contribution is -2.44. The summed E-state index contributed by atoms with van der Waals surface area (Å²) in [5.41, 5.74) is -0.138. The quantitative estimate of drug-likeness (QED) is 0.880. The SMILES string of the molecule is CC1CC(C)CN(C(=O)Nc2ccc(F)cc2C(=O)O)C1. The minimum absolute atomic E-state index is 0.111. The Kier molecular flexibility index (Phi) is 4.45. The van der Waals surface area contributed by atoms with Crippen molar-refractivity contribution in [3.63, 3.8) is 0 Å². The van der Waals surface area contributed by atoms with E-state index in [4.69, 9.17) is 5.11 Å². The highest BCUT2D eigenvalue weighted by Crippen LogP contribution is 2.23. The Morgan fingerprint density at radius 2 is 1.90 bits per heavy atom. The maximum atomic E-state index is 13.1.